The third kappa shape index (κ3) is 4.10. The van der Waals surface area contributed by atoms with Gasteiger partial charge in [-0.15, -0.1) is 0 Å². The normalized spacial score (nSPS) is 12.4. The maximum absolute atomic E-state index is 13.7. The molecule has 3 rings (SSSR count). The Morgan fingerprint density at radius 1 is 1.22 bits per heavy atom. The number of hydrogen-bond donors (Lipinski definition) is 3. The van der Waals surface area contributed by atoms with Gasteiger partial charge in [0.2, 0.25) is 0 Å². The average molecular weight is 398 g/mol. The molecule has 0 aliphatic heterocycles. The van der Waals surface area contributed by atoms with Gasteiger partial charge in [-0.25, -0.2) is 18.7 Å². The zero-order chi connectivity index (χ0) is 19.9. The number of rotatable bonds is 6. The summed E-state index contributed by atoms with van der Waals surface area (Å²) >= 11 is 0. The third-order valence-corrected chi connectivity index (χ3v) is 5.20. The van der Waals surface area contributed by atoms with Gasteiger partial charge in [0, 0.05) is 31.0 Å². The molecule has 10 heteroatoms. The Morgan fingerprint density at radius 2 is 1.89 bits per heavy atom. The van der Waals surface area contributed by atoms with E-state index in [0.29, 0.717) is 40.1 Å². The lowest BCUT2D eigenvalue weighted by Crippen LogP contribution is -2.22. The van der Waals surface area contributed by atoms with Crippen LogP contribution in [-0.2, 0) is 4.57 Å². The van der Waals surface area contributed by atoms with E-state index >= 15 is 0 Å². The van der Waals surface area contributed by atoms with Gasteiger partial charge in [0.1, 0.15) is 16.9 Å². The number of aromatic nitrogens is 3. The minimum atomic E-state index is -4.07. The molecule has 3 aromatic rings. The fourth-order valence-corrected chi connectivity index (χ4v) is 3.46. The van der Waals surface area contributed by atoms with E-state index in [2.05, 4.69) is 15.0 Å². The second kappa shape index (κ2) is 7.14. The Labute approximate surface area is 154 Å². The van der Waals surface area contributed by atoms with Gasteiger partial charge in [-0.3, -0.25) is 4.57 Å². The number of nitrogens with one attached hydrogen (secondary N) is 1. The number of halogens is 2. The SMILES string of the molecule is CC(C)c1nc(N(C)CCCP(=O)(O)O)c2[nH]c3cc(F)c(F)cc3c2n1. The first-order chi connectivity index (χ1) is 12.6. The van der Waals surface area contributed by atoms with E-state index in [1.807, 2.05) is 13.8 Å². The smallest absolute Gasteiger partial charge is 0.325 e. The number of hydrogen-bond acceptors (Lipinski definition) is 4. The van der Waals surface area contributed by atoms with E-state index < -0.39 is 19.2 Å². The zero-order valence-corrected chi connectivity index (χ0v) is 16.1. The maximum Gasteiger partial charge on any atom is 0.325 e. The van der Waals surface area contributed by atoms with Gasteiger partial charge in [0.15, 0.2) is 17.5 Å². The molecule has 0 spiro atoms. The molecule has 0 unspecified atom stereocenters. The Kier molecular flexibility index (Phi) is 5.20. The van der Waals surface area contributed by atoms with Crippen molar-refractivity contribution in [3.63, 3.8) is 0 Å². The minimum absolute atomic E-state index is 0.00639. The molecule has 2 aromatic heterocycles. The predicted molar refractivity (Wildman–Crippen MR) is 100 cm³/mol. The summed E-state index contributed by atoms with van der Waals surface area (Å²) in [5, 5.41) is 0.457. The number of nitrogens with zero attached hydrogens (tertiary/aromatic N) is 3. The summed E-state index contributed by atoms with van der Waals surface area (Å²) in [5.41, 5.74) is 1.42. The molecule has 0 saturated carbocycles. The number of fused-ring (bicyclic) bond motifs is 3. The first kappa shape index (κ1) is 19.7. The lowest BCUT2D eigenvalue weighted by molar-refractivity contribution is 0.372. The van der Waals surface area contributed by atoms with Crippen LogP contribution in [0.2, 0.25) is 0 Å². The lowest BCUT2D eigenvalue weighted by Gasteiger charge is -2.20. The zero-order valence-electron chi connectivity index (χ0n) is 15.2. The van der Waals surface area contributed by atoms with Crippen LogP contribution in [-0.4, -0.2) is 44.5 Å². The van der Waals surface area contributed by atoms with E-state index in [1.165, 1.54) is 0 Å². The van der Waals surface area contributed by atoms with Crippen LogP contribution in [0.3, 0.4) is 0 Å². The first-order valence-corrected chi connectivity index (χ1v) is 10.3. The van der Waals surface area contributed by atoms with Gasteiger partial charge >= 0.3 is 7.60 Å². The molecule has 7 nitrogen and oxygen atoms in total. The van der Waals surface area contributed by atoms with Gasteiger partial charge in [-0.1, -0.05) is 13.8 Å². The monoisotopic (exact) mass is 398 g/mol. The van der Waals surface area contributed by atoms with Gasteiger partial charge < -0.3 is 19.7 Å². The first-order valence-electron chi connectivity index (χ1n) is 8.51. The van der Waals surface area contributed by atoms with Crippen LogP contribution in [0.25, 0.3) is 21.9 Å². The summed E-state index contributed by atoms with van der Waals surface area (Å²) < 4.78 is 38.4. The molecule has 3 N–H and O–H groups in total. The van der Waals surface area contributed by atoms with E-state index in [4.69, 9.17) is 9.79 Å². The highest BCUT2D eigenvalue weighted by Crippen LogP contribution is 2.36. The molecule has 0 fully saturated rings. The second-order valence-corrected chi connectivity index (χ2v) is 8.66. The van der Waals surface area contributed by atoms with Crippen molar-refractivity contribution in [3.05, 3.63) is 29.6 Å². The Morgan fingerprint density at radius 3 is 2.52 bits per heavy atom. The van der Waals surface area contributed by atoms with Crippen molar-refractivity contribution in [1.29, 1.82) is 0 Å². The van der Waals surface area contributed by atoms with Crippen LogP contribution < -0.4 is 4.90 Å². The van der Waals surface area contributed by atoms with E-state index in [-0.39, 0.29) is 18.5 Å². The highest BCUT2D eigenvalue weighted by atomic mass is 31.2. The van der Waals surface area contributed by atoms with E-state index in [9.17, 15) is 13.3 Å². The molecule has 2 heterocycles. The predicted octanol–water partition coefficient (Wildman–Crippen LogP) is 3.52. The second-order valence-electron chi connectivity index (χ2n) is 6.88. The van der Waals surface area contributed by atoms with Crippen molar-refractivity contribution in [2.45, 2.75) is 26.2 Å². The Balaban J connectivity index is 2.11. The summed E-state index contributed by atoms with van der Waals surface area (Å²) in [4.78, 5) is 31.9. The van der Waals surface area contributed by atoms with Crippen molar-refractivity contribution >= 4 is 35.3 Å². The standard InChI is InChI=1S/C17H21F2N4O3P/c1-9(2)16-21-14-10-7-11(18)12(19)8-13(10)20-15(14)17(22-16)23(3)5-4-6-27(24,25)26/h7-9,20H,4-6H2,1-3H3,(H2,24,25,26). The van der Waals surface area contributed by atoms with Crippen LogP contribution >= 0.6 is 7.60 Å². The van der Waals surface area contributed by atoms with Gasteiger partial charge in [-0.2, -0.15) is 0 Å². The largest absolute Gasteiger partial charge is 0.358 e. The molecule has 0 bridgehead atoms. The topological polar surface area (TPSA) is 102 Å². The Hall–Kier alpha value is -2.09. The molecular weight excluding hydrogens is 377 g/mol. The molecule has 27 heavy (non-hydrogen) atoms. The van der Waals surface area contributed by atoms with Crippen LogP contribution in [0.4, 0.5) is 14.6 Å². The number of aromatic amines is 1. The van der Waals surface area contributed by atoms with Gasteiger partial charge in [0.05, 0.1) is 11.7 Å². The van der Waals surface area contributed by atoms with Crippen LogP contribution in [0.5, 0.6) is 0 Å². The summed E-state index contributed by atoms with van der Waals surface area (Å²) in [6, 6.07) is 2.19. The third-order valence-electron chi connectivity index (χ3n) is 4.30. The number of H-pyrrole nitrogens is 1. The molecule has 0 saturated heterocycles. The van der Waals surface area contributed by atoms with Crippen molar-refractivity contribution in [2.24, 2.45) is 0 Å². The van der Waals surface area contributed by atoms with Crippen LogP contribution in [0.15, 0.2) is 12.1 Å². The van der Waals surface area contributed by atoms with Crippen molar-refractivity contribution < 1.29 is 23.1 Å². The number of anilines is 1. The lowest BCUT2D eigenvalue weighted by atomic mass is 10.2. The van der Waals surface area contributed by atoms with Gasteiger partial charge in [0.25, 0.3) is 0 Å². The summed E-state index contributed by atoms with van der Waals surface area (Å²) in [7, 11) is -2.32. The maximum atomic E-state index is 13.7. The highest BCUT2D eigenvalue weighted by molar-refractivity contribution is 7.51. The molecule has 1 aromatic carbocycles. The molecule has 0 amide bonds. The highest BCUT2D eigenvalue weighted by Gasteiger charge is 2.20. The molecule has 146 valence electrons. The number of benzene rings is 1. The summed E-state index contributed by atoms with van der Waals surface area (Å²) in [5.74, 6) is -0.837. The summed E-state index contributed by atoms with van der Waals surface area (Å²) in [6.45, 7) is 4.20. The van der Waals surface area contributed by atoms with Crippen molar-refractivity contribution in [3.8, 4) is 0 Å². The quantitative estimate of drug-likeness (QED) is 0.549. The average Bonchev–Trinajstić information content (AvgIpc) is 2.90. The molecule has 0 aliphatic rings. The molecule has 0 aliphatic carbocycles. The van der Waals surface area contributed by atoms with Crippen LogP contribution in [0, 0.1) is 11.6 Å². The summed E-state index contributed by atoms with van der Waals surface area (Å²) in [6.07, 6.45) is 0.0402. The van der Waals surface area contributed by atoms with Crippen molar-refractivity contribution in [2.75, 3.05) is 24.7 Å². The fraction of sp³-hybridized carbons (Fsp3) is 0.412. The molecular formula is C17H21F2N4O3P. The molecule has 0 radical (unpaired) electrons. The minimum Gasteiger partial charge on any atom is -0.358 e. The molecule has 0 atom stereocenters. The fourth-order valence-electron chi connectivity index (χ4n) is 2.91. The van der Waals surface area contributed by atoms with E-state index in [1.54, 1.807) is 11.9 Å². The van der Waals surface area contributed by atoms with Crippen LogP contribution in [0.1, 0.15) is 32.0 Å². The van der Waals surface area contributed by atoms with E-state index in [0.717, 1.165) is 12.1 Å². The Bertz CT molecular complexity index is 1050. The van der Waals surface area contributed by atoms with Gasteiger partial charge in [-0.05, 0) is 12.5 Å². The van der Waals surface area contributed by atoms with Crippen molar-refractivity contribution in [1.82, 2.24) is 15.0 Å².